The van der Waals surface area contributed by atoms with Crippen molar-refractivity contribution in [1.29, 1.82) is 0 Å². The van der Waals surface area contributed by atoms with Gasteiger partial charge in [0.1, 0.15) is 0 Å². The predicted molar refractivity (Wildman–Crippen MR) is 81.2 cm³/mol. The van der Waals surface area contributed by atoms with Crippen molar-refractivity contribution < 1.29 is 13.2 Å². The predicted octanol–water partition coefficient (Wildman–Crippen LogP) is 2.70. The number of Topliss-reactive ketones (excluding diaryl/α,β-unsaturated/α-hetero) is 1. The smallest absolute Gasteiger partial charge is 0.264 e. The summed E-state index contributed by atoms with van der Waals surface area (Å²) >= 11 is 0. The first-order valence-corrected chi connectivity index (χ1v) is 8.07. The largest absolute Gasteiger partial charge is 0.292 e. The van der Waals surface area contributed by atoms with Crippen molar-refractivity contribution in [2.24, 2.45) is 0 Å². The summed E-state index contributed by atoms with van der Waals surface area (Å²) in [4.78, 5) is 12.3. The van der Waals surface area contributed by atoms with E-state index in [0.29, 0.717) is 11.3 Å². The molecule has 1 aliphatic rings. The van der Waals surface area contributed by atoms with Crippen LogP contribution in [-0.2, 0) is 10.0 Å². The monoisotopic (exact) mass is 301 g/mol. The Morgan fingerprint density at radius 1 is 0.952 bits per heavy atom. The first-order valence-electron chi connectivity index (χ1n) is 6.63. The maximum absolute atomic E-state index is 12.7. The molecule has 3 rings (SSSR count). The Balaban J connectivity index is 2.10. The van der Waals surface area contributed by atoms with Crippen molar-refractivity contribution in [3.05, 3.63) is 59.2 Å². The standard InChI is InChI=1S/C16H15NO3S/c1-11-3-6-13(7-4-11)21(19,20)17-10-16(18)14-9-12(2)5-8-15(14)17/h3-9H,10H2,1-2H3. The third-order valence-corrected chi connectivity index (χ3v) is 5.39. The number of sulfonamides is 1. The number of benzene rings is 2. The first kappa shape index (κ1) is 13.8. The molecule has 0 saturated heterocycles. The van der Waals surface area contributed by atoms with Crippen molar-refractivity contribution in [3.63, 3.8) is 0 Å². The lowest BCUT2D eigenvalue weighted by atomic mass is 10.1. The normalized spacial score (nSPS) is 14.4. The fraction of sp³-hybridized carbons (Fsp3) is 0.188. The van der Waals surface area contributed by atoms with E-state index in [2.05, 4.69) is 0 Å². The van der Waals surface area contributed by atoms with Crippen molar-refractivity contribution in [1.82, 2.24) is 0 Å². The summed E-state index contributed by atoms with van der Waals surface area (Å²) in [5, 5.41) is 0. The molecule has 1 heterocycles. The van der Waals surface area contributed by atoms with Crippen molar-refractivity contribution in [2.45, 2.75) is 18.7 Å². The molecular formula is C16H15NO3S. The second-order valence-electron chi connectivity index (χ2n) is 5.27. The first-order chi connectivity index (χ1) is 9.89. The Bertz CT molecular complexity index is 823. The molecule has 0 unspecified atom stereocenters. The summed E-state index contributed by atoms with van der Waals surface area (Å²) < 4.78 is 26.6. The highest BCUT2D eigenvalue weighted by atomic mass is 32.2. The molecule has 0 saturated carbocycles. The Kier molecular flexibility index (Phi) is 3.10. The van der Waals surface area contributed by atoms with E-state index in [9.17, 15) is 13.2 Å². The molecule has 0 aliphatic carbocycles. The molecule has 0 atom stereocenters. The van der Waals surface area contributed by atoms with Gasteiger partial charge in [0.15, 0.2) is 5.78 Å². The molecule has 0 N–H and O–H groups in total. The van der Waals surface area contributed by atoms with E-state index in [1.807, 2.05) is 19.9 Å². The second kappa shape index (κ2) is 4.70. The lowest BCUT2D eigenvalue weighted by molar-refractivity contribution is 0.101. The van der Waals surface area contributed by atoms with Crippen LogP contribution in [0.5, 0.6) is 0 Å². The molecule has 1 aliphatic heterocycles. The Hall–Kier alpha value is -2.14. The SMILES string of the molecule is Cc1ccc(S(=O)(=O)N2CC(=O)c3cc(C)ccc32)cc1. The molecule has 0 aromatic heterocycles. The van der Waals surface area contributed by atoms with Crippen molar-refractivity contribution >= 4 is 21.5 Å². The van der Waals surface area contributed by atoms with Gasteiger partial charge in [0.25, 0.3) is 10.0 Å². The van der Waals surface area contributed by atoms with Crippen LogP contribution in [0, 0.1) is 13.8 Å². The van der Waals surface area contributed by atoms with Gasteiger partial charge in [-0.3, -0.25) is 9.10 Å². The molecule has 2 aromatic carbocycles. The maximum atomic E-state index is 12.7. The van der Waals surface area contributed by atoms with Gasteiger partial charge < -0.3 is 0 Å². The molecule has 0 spiro atoms. The van der Waals surface area contributed by atoms with Crippen LogP contribution in [0.1, 0.15) is 21.5 Å². The van der Waals surface area contributed by atoms with Gasteiger partial charge in [-0.25, -0.2) is 8.42 Å². The summed E-state index contributed by atoms with van der Waals surface area (Å²) in [5.41, 5.74) is 2.87. The number of hydrogen-bond acceptors (Lipinski definition) is 3. The molecule has 2 aromatic rings. The van der Waals surface area contributed by atoms with E-state index in [-0.39, 0.29) is 17.2 Å². The lowest BCUT2D eigenvalue weighted by Gasteiger charge is -2.18. The Morgan fingerprint density at radius 2 is 1.57 bits per heavy atom. The highest BCUT2D eigenvalue weighted by molar-refractivity contribution is 7.93. The third kappa shape index (κ3) is 2.23. The van der Waals surface area contributed by atoms with Crippen LogP contribution < -0.4 is 4.31 Å². The Labute approximate surface area is 124 Å². The van der Waals surface area contributed by atoms with E-state index in [4.69, 9.17) is 0 Å². The minimum Gasteiger partial charge on any atom is -0.292 e. The highest BCUT2D eigenvalue weighted by Gasteiger charge is 2.35. The number of carbonyl (C=O) groups is 1. The zero-order chi connectivity index (χ0) is 15.2. The summed E-state index contributed by atoms with van der Waals surface area (Å²) in [5.74, 6) is -0.163. The van der Waals surface area contributed by atoms with Gasteiger partial charge in [-0.15, -0.1) is 0 Å². The van der Waals surface area contributed by atoms with Gasteiger partial charge in [0.2, 0.25) is 0 Å². The molecule has 108 valence electrons. The van der Waals surface area contributed by atoms with Gasteiger partial charge in [-0.05, 0) is 38.1 Å². The van der Waals surface area contributed by atoms with Crippen molar-refractivity contribution in [2.75, 3.05) is 10.8 Å². The number of hydrogen-bond donors (Lipinski definition) is 0. The van der Waals surface area contributed by atoms with Gasteiger partial charge in [-0.1, -0.05) is 29.3 Å². The minimum absolute atomic E-state index is 0.130. The van der Waals surface area contributed by atoms with Crippen molar-refractivity contribution in [3.8, 4) is 0 Å². The quantitative estimate of drug-likeness (QED) is 0.857. The van der Waals surface area contributed by atoms with E-state index in [1.54, 1.807) is 36.4 Å². The number of rotatable bonds is 2. The van der Waals surface area contributed by atoms with Crippen LogP contribution in [0.15, 0.2) is 47.4 Å². The van der Waals surface area contributed by atoms with Crippen LogP contribution in [0.25, 0.3) is 0 Å². The van der Waals surface area contributed by atoms with Crippen LogP contribution >= 0.6 is 0 Å². The van der Waals surface area contributed by atoms with E-state index < -0.39 is 10.0 Å². The van der Waals surface area contributed by atoms with E-state index >= 15 is 0 Å². The lowest BCUT2D eigenvalue weighted by Crippen LogP contribution is -2.30. The molecule has 0 bridgehead atoms. The zero-order valence-electron chi connectivity index (χ0n) is 11.8. The van der Waals surface area contributed by atoms with Crippen LogP contribution in [0.3, 0.4) is 0 Å². The fourth-order valence-corrected chi connectivity index (χ4v) is 3.88. The maximum Gasteiger partial charge on any atom is 0.264 e. The van der Waals surface area contributed by atoms with Gasteiger partial charge in [0, 0.05) is 5.56 Å². The molecular weight excluding hydrogens is 286 g/mol. The second-order valence-corrected chi connectivity index (χ2v) is 7.13. The molecule has 5 heteroatoms. The Morgan fingerprint density at radius 3 is 2.24 bits per heavy atom. The molecule has 0 fully saturated rings. The van der Waals surface area contributed by atoms with E-state index in [0.717, 1.165) is 11.1 Å². The molecule has 0 radical (unpaired) electrons. The summed E-state index contributed by atoms with van der Waals surface area (Å²) in [6.07, 6.45) is 0. The third-order valence-electron chi connectivity index (χ3n) is 3.62. The molecule has 0 amide bonds. The van der Waals surface area contributed by atoms with Crippen LogP contribution in [0.2, 0.25) is 0 Å². The number of fused-ring (bicyclic) bond motifs is 1. The number of anilines is 1. The topological polar surface area (TPSA) is 54.5 Å². The summed E-state index contributed by atoms with van der Waals surface area (Å²) in [6.45, 7) is 3.65. The van der Waals surface area contributed by atoms with Gasteiger partial charge in [0.05, 0.1) is 17.1 Å². The summed E-state index contributed by atoms with van der Waals surface area (Å²) in [6, 6.07) is 11.9. The van der Waals surface area contributed by atoms with Crippen LogP contribution in [0.4, 0.5) is 5.69 Å². The van der Waals surface area contributed by atoms with Gasteiger partial charge >= 0.3 is 0 Å². The number of ketones is 1. The highest BCUT2D eigenvalue weighted by Crippen LogP contribution is 2.33. The number of aryl methyl sites for hydroxylation is 2. The van der Waals surface area contributed by atoms with E-state index in [1.165, 1.54) is 4.31 Å². The van der Waals surface area contributed by atoms with Gasteiger partial charge in [-0.2, -0.15) is 0 Å². The average Bonchev–Trinajstić information content (AvgIpc) is 2.77. The number of nitrogens with zero attached hydrogens (tertiary/aromatic N) is 1. The molecule has 4 nitrogen and oxygen atoms in total. The fourth-order valence-electron chi connectivity index (χ4n) is 2.44. The molecule has 21 heavy (non-hydrogen) atoms. The summed E-state index contributed by atoms with van der Waals surface area (Å²) in [7, 11) is -3.70. The number of carbonyl (C=O) groups excluding carboxylic acids is 1. The zero-order valence-corrected chi connectivity index (χ0v) is 12.6. The minimum atomic E-state index is -3.70. The van der Waals surface area contributed by atoms with Crippen LogP contribution in [-0.4, -0.2) is 20.7 Å². The average molecular weight is 301 g/mol.